The summed E-state index contributed by atoms with van der Waals surface area (Å²) < 4.78 is 15.9. The van der Waals surface area contributed by atoms with E-state index >= 15 is 0 Å². The first-order valence-corrected chi connectivity index (χ1v) is 7.83. The number of methoxy groups -OCH3 is 3. The van der Waals surface area contributed by atoms with Gasteiger partial charge >= 0.3 is 0 Å². The Balaban J connectivity index is 2.19. The van der Waals surface area contributed by atoms with Crippen molar-refractivity contribution in [3.05, 3.63) is 48.2 Å². The number of nitrogens with two attached hydrogens (primary N) is 1. The second-order valence-corrected chi connectivity index (χ2v) is 5.49. The lowest BCUT2D eigenvalue weighted by atomic mass is 10.1. The van der Waals surface area contributed by atoms with Crippen molar-refractivity contribution in [2.24, 2.45) is 5.73 Å². The molecule has 7 nitrogen and oxygen atoms in total. The standard InChI is InChI=1S/C19H19N3O4/c1-24-11-4-6-15-13(8-11)18(14(10-21-15)19(20)23)22-16-7-5-12(25-2)9-17(16)26-3/h4-10H,1-3H3,(H2,20,23)(H,21,22). The van der Waals surface area contributed by atoms with E-state index in [0.29, 0.717) is 39.5 Å². The topological polar surface area (TPSA) is 95.7 Å². The Kier molecular flexibility index (Phi) is 4.79. The first kappa shape index (κ1) is 17.3. The number of primary amides is 1. The molecule has 1 amide bonds. The van der Waals surface area contributed by atoms with Crippen LogP contribution < -0.4 is 25.3 Å². The average Bonchev–Trinajstić information content (AvgIpc) is 2.67. The van der Waals surface area contributed by atoms with E-state index in [9.17, 15) is 4.79 Å². The number of pyridine rings is 1. The summed E-state index contributed by atoms with van der Waals surface area (Å²) in [4.78, 5) is 16.2. The van der Waals surface area contributed by atoms with Crippen LogP contribution in [0.1, 0.15) is 10.4 Å². The normalized spacial score (nSPS) is 10.4. The van der Waals surface area contributed by atoms with Gasteiger partial charge in [0.05, 0.1) is 43.8 Å². The summed E-state index contributed by atoms with van der Waals surface area (Å²) in [7, 11) is 4.71. The molecule has 0 bridgehead atoms. The highest BCUT2D eigenvalue weighted by atomic mass is 16.5. The molecule has 3 rings (SSSR count). The number of rotatable bonds is 6. The van der Waals surface area contributed by atoms with Crippen LogP contribution in [0.25, 0.3) is 10.9 Å². The minimum Gasteiger partial charge on any atom is -0.497 e. The molecular formula is C19H19N3O4. The lowest BCUT2D eigenvalue weighted by Crippen LogP contribution is -2.14. The Hall–Kier alpha value is -3.48. The van der Waals surface area contributed by atoms with Gasteiger partial charge in [-0.05, 0) is 30.3 Å². The van der Waals surface area contributed by atoms with Gasteiger partial charge in [-0.2, -0.15) is 0 Å². The van der Waals surface area contributed by atoms with Gasteiger partial charge in [0.25, 0.3) is 5.91 Å². The molecule has 0 saturated carbocycles. The predicted molar refractivity (Wildman–Crippen MR) is 99.6 cm³/mol. The van der Waals surface area contributed by atoms with Crippen molar-refractivity contribution >= 4 is 28.2 Å². The summed E-state index contributed by atoms with van der Waals surface area (Å²) in [5.41, 5.74) is 7.70. The third kappa shape index (κ3) is 3.19. The second-order valence-electron chi connectivity index (χ2n) is 5.49. The van der Waals surface area contributed by atoms with E-state index in [1.165, 1.54) is 6.20 Å². The molecule has 0 aliphatic heterocycles. The Labute approximate surface area is 150 Å². The van der Waals surface area contributed by atoms with Crippen LogP contribution in [-0.2, 0) is 0 Å². The van der Waals surface area contributed by atoms with Crippen LogP contribution in [0.3, 0.4) is 0 Å². The summed E-state index contributed by atoms with van der Waals surface area (Å²) in [6, 6.07) is 10.8. The fourth-order valence-corrected chi connectivity index (χ4v) is 2.66. The van der Waals surface area contributed by atoms with E-state index in [0.717, 1.165) is 0 Å². The summed E-state index contributed by atoms with van der Waals surface area (Å²) in [5.74, 6) is 1.28. The molecule has 134 valence electrons. The van der Waals surface area contributed by atoms with Gasteiger partial charge in [0.15, 0.2) is 0 Å². The van der Waals surface area contributed by atoms with Gasteiger partial charge in [-0.1, -0.05) is 0 Å². The van der Waals surface area contributed by atoms with Crippen LogP contribution in [-0.4, -0.2) is 32.2 Å². The van der Waals surface area contributed by atoms with E-state index in [2.05, 4.69) is 10.3 Å². The second kappa shape index (κ2) is 7.18. The van der Waals surface area contributed by atoms with Crippen LogP contribution in [0.4, 0.5) is 11.4 Å². The van der Waals surface area contributed by atoms with Gasteiger partial charge in [-0.3, -0.25) is 9.78 Å². The number of hydrogen-bond acceptors (Lipinski definition) is 6. The largest absolute Gasteiger partial charge is 0.497 e. The molecule has 0 fully saturated rings. The molecule has 3 N–H and O–H groups in total. The van der Waals surface area contributed by atoms with Crippen molar-refractivity contribution in [1.29, 1.82) is 0 Å². The molecule has 7 heteroatoms. The summed E-state index contributed by atoms with van der Waals surface area (Å²) in [6.45, 7) is 0. The highest BCUT2D eigenvalue weighted by molar-refractivity contribution is 6.07. The SMILES string of the molecule is COc1ccc(Nc2c(C(N)=O)cnc3ccc(OC)cc23)c(OC)c1. The lowest BCUT2D eigenvalue weighted by molar-refractivity contribution is 0.100. The van der Waals surface area contributed by atoms with Crippen LogP contribution in [0.2, 0.25) is 0 Å². The number of hydrogen-bond donors (Lipinski definition) is 2. The third-order valence-electron chi connectivity index (χ3n) is 4.01. The number of aromatic nitrogens is 1. The minimum absolute atomic E-state index is 0.267. The molecule has 1 heterocycles. The number of nitrogens with zero attached hydrogens (tertiary/aromatic N) is 1. The Morgan fingerprint density at radius 3 is 2.35 bits per heavy atom. The highest BCUT2D eigenvalue weighted by Crippen LogP contribution is 2.36. The summed E-state index contributed by atoms with van der Waals surface area (Å²) >= 11 is 0. The molecule has 0 unspecified atom stereocenters. The van der Waals surface area contributed by atoms with Crippen molar-refractivity contribution in [3.8, 4) is 17.2 Å². The molecular weight excluding hydrogens is 334 g/mol. The van der Waals surface area contributed by atoms with Gasteiger partial charge in [-0.25, -0.2) is 0 Å². The van der Waals surface area contributed by atoms with Crippen LogP contribution in [0, 0.1) is 0 Å². The first-order chi connectivity index (χ1) is 12.6. The maximum Gasteiger partial charge on any atom is 0.252 e. The molecule has 0 aliphatic carbocycles. The van der Waals surface area contributed by atoms with Crippen molar-refractivity contribution < 1.29 is 19.0 Å². The zero-order chi connectivity index (χ0) is 18.7. The molecule has 3 aromatic rings. The molecule has 1 aromatic heterocycles. The average molecular weight is 353 g/mol. The van der Waals surface area contributed by atoms with Crippen LogP contribution in [0.5, 0.6) is 17.2 Å². The maximum atomic E-state index is 11.9. The number of carbonyl (C=O) groups is 1. The molecule has 0 atom stereocenters. The number of nitrogens with one attached hydrogen (secondary N) is 1. The smallest absolute Gasteiger partial charge is 0.252 e. The van der Waals surface area contributed by atoms with E-state index in [1.54, 1.807) is 51.7 Å². The fourth-order valence-electron chi connectivity index (χ4n) is 2.66. The van der Waals surface area contributed by atoms with Crippen molar-refractivity contribution in [2.75, 3.05) is 26.6 Å². The quantitative estimate of drug-likeness (QED) is 0.707. The zero-order valence-corrected chi connectivity index (χ0v) is 14.7. The third-order valence-corrected chi connectivity index (χ3v) is 4.01. The van der Waals surface area contributed by atoms with Gasteiger partial charge in [-0.15, -0.1) is 0 Å². The van der Waals surface area contributed by atoms with Crippen LogP contribution in [0.15, 0.2) is 42.6 Å². The van der Waals surface area contributed by atoms with E-state index in [4.69, 9.17) is 19.9 Å². The molecule has 0 spiro atoms. The Morgan fingerprint density at radius 1 is 1.00 bits per heavy atom. The number of ether oxygens (including phenoxy) is 3. The Morgan fingerprint density at radius 2 is 1.69 bits per heavy atom. The summed E-state index contributed by atoms with van der Waals surface area (Å²) in [5, 5.41) is 3.95. The van der Waals surface area contributed by atoms with E-state index in [-0.39, 0.29) is 5.56 Å². The number of fused-ring (bicyclic) bond motifs is 1. The summed E-state index contributed by atoms with van der Waals surface area (Å²) in [6.07, 6.45) is 1.45. The molecule has 26 heavy (non-hydrogen) atoms. The number of amides is 1. The van der Waals surface area contributed by atoms with E-state index < -0.39 is 5.91 Å². The zero-order valence-electron chi connectivity index (χ0n) is 14.7. The van der Waals surface area contributed by atoms with Gasteiger partial charge in [0.2, 0.25) is 0 Å². The molecule has 0 aliphatic rings. The predicted octanol–water partition coefficient (Wildman–Crippen LogP) is 3.10. The molecule has 0 radical (unpaired) electrons. The molecule has 2 aromatic carbocycles. The minimum atomic E-state index is -0.586. The van der Waals surface area contributed by atoms with Crippen molar-refractivity contribution in [3.63, 3.8) is 0 Å². The number of anilines is 2. The fraction of sp³-hybridized carbons (Fsp3) is 0.158. The monoisotopic (exact) mass is 353 g/mol. The van der Waals surface area contributed by atoms with Crippen molar-refractivity contribution in [2.45, 2.75) is 0 Å². The van der Waals surface area contributed by atoms with Gasteiger partial charge in [0.1, 0.15) is 17.2 Å². The lowest BCUT2D eigenvalue weighted by Gasteiger charge is -2.16. The van der Waals surface area contributed by atoms with E-state index in [1.807, 2.05) is 6.07 Å². The van der Waals surface area contributed by atoms with Crippen LogP contribution >= 0.6 is 0 Å². The maximum absolute atomic E-state index is 11.9. The van der Waals surface area contributed by atoms with Gasteiger partial charge < -0.3 is 25.3 Å². The Bertz CT molecular complexity index is 972. The number of carbonyl (C=O) groups excluding carboxylic acids is 1. The molecule has 0 saturated heterocycles. The van der Waals surface area contributed by atoms with Crippen molar-refractivity contribution in [1.82, 2.24) is 4.98 Å². The number of benzene rings is 2. The highest BCUT2D eigenvalue weighted by Gasteiger charge is 2.16. The first-order valence-electron chi connectivity index (χ1n) is 7.83. The van der Waals surface area contributed by atoms with Gasteiger partial charge in [0, 0.05) is 17.6 Å².